The van der Waals surface area contributed by atoms with E-state index < -0.39 is 40.9 Å². The van der Waals surface area contributed by atoms with Crippen molar-refractivity contribution in [2.75, 3.05) is 26.8 Å². The molecule has 2 aromatic rings. The second-order valence-corrected chi connectivity index (χ2v) is 11.1. The predicted octanol–water partition coefficient (Wildman–Crippen LogP) is 3.88. The number of carbonyl (C=O) groups excluding carboxylic acids is 4. The van der Waals surface area contributed by atoms with Crippen LogP contribution in [0.4, 0.5) is 13.2 Å². The highest BCUT2D eigenvalue weighted by Gasteiger charge is 2.43. The zero-order chi connectivity index (χ0) is 33.0. The fourth-order valence-corrected chi connectivity index (χ4v) is 4.53. The summed E-state index contributed by atoms with van der Waals surface area (Å²) in [4.78, 5) is 50.5. The van der Waals surface area contributed by atoms with Gasteiger partial charge in [-0.1, -0.05) is 20.8 Å². The molecule has 0 fully saturated rings. The molecule has 0 saturated heterocycles. The maximum Gasteiger partial charge on any atom is 0.491 e. The first-order chi connectivity index (χ1) is 20.5. The van der Waals surface area contributed by atoms with Crippen LogP contribution >= 0.6 is 0 Å². The molecule has 0 spiro atoms. The molecule has 0 unspecified atom stereocenters. The highest BCUT2D eigenvalue weighted by molar-refractivity contribution is 6.07. The molecule has 1 heterocycles. The Bertz CT molecular complexity index is 1480. The zero-order valence-electron chi connectivity index (χ0n) is 25.1. The zero-order valence-corrected chi connectivity index (χ0v) is 25.1. The normalized spacial score (nSPS) is 12.9. The molecule has 3 rings (SSSR count). The first-order valence-electron chi connectivity index (χ1n) is 13.7. The highest BCUT2D eigenvalue weighted by Crippen LogP contribution is 2.41. The van der Waals surface area contributed by atoms with Gasteiger partial charge in [0.05, 0.1) is 25.3 Å². The van der Waals surface area contributed by atoms with Gasteiger partial charge >= 0.3 is 12.1 Å². The molecule has 4 N–H and O–H groups in total. The van der Waals surface area contributed by atoms with E-state index in [1.165, 1.54) is 30.1 Å². The van der Waals surface area contributed by atoms with Crippen molar-refractivity contribution >= 4 is 29.4 Å². The standard InChI is InChI=1S/C30H35F3N4O7/c1-6-42-22-12-17-14-37(26(35)18(17)13-19(22)27(40)36-5)15-21(38)16-10-20(29(2,3)4)25(44-28(41)30(31,32)33)23(11-16)43-9-7-8-24(34)39/h10-13,35H,6-9,14-15H2,1-5H3,(H2,34,39)(H,36,40). The molecule has 0 radical (unpaired) electrons. The largest absolute Gasteiger partial charge is 0.493 e. The minimum absolute atomic E-state index is 0.00347. The summed E-state index contributed by atoms with van der Waals surface area (Å²) in [5.74, 6) is -4.43. The van der Waals surface area contributed by atoms with Gasteiger partial charge in [0.25, 0.3) is 5.91 Å². The van der Waals surface area contributed by atoms with Gasteiger partial charge in [0.2, 0.25) is 5.91 Å². The van der Waals surface area contributed by atoms with Crippen LogP contribution in [0.15, 0.2) is 24.3 Å². The number of carbonyl (C=O) groups is 4. The maximum atomic E-state index is 13.6. The van der Waals surface area contributed by atoms with Gasteiger partial charge < -0.3 is 30.2 Å². The van der Waals surface area contributed by atoms with Crippen molar-refractivity contribution in [1.82, 2.24) is 10.2 Å². The molecule has 2 amide bonds. The van der Waals surface area contributed by atoms with E-state index in [-0.39, 0.29) is 60.8 Å². The summed E-state index contributed by atoms with van der Waals surface area (Å²) in [6.45, 7) is 6.76. The molecule has 0 saturated carbocycles. The number of amidine groups is 1. The number of nitrogens with two attached hydrogens (primary N) is 1. The van der Waals surface area contributed by atoms with Crippen molar-refractivity contribution in [1.29, 1.82) is 5.41 Å². The summed E-state index contributed by atoms with van der Waals surface area (Å²) in [5, 5.41) is 11.2. The van der Waals surface area contributed by atoms with Crippen molar-refractivity contribution in [3.05, 3.63) is 52.1 Å². The molecule has 0 atom stereocenters. The topological polar surface area (TPSA) is 161 Å². The van der Waals surface area contributed by atoms with Gasteiger partial charge in [-0.05, 0) is 48.6 Å². The van der Waals surface area contributed by atoms with Gasteiger partial charge in [-0.3, -0.25) is 19.8 Å². The van der Waals surface area contributed by atoms with Crippen molar-refractivity contribution in [2.24, 2.45) is 5.73 Å². The van der Waals surface area contributed by atoms with Crippen LogP contribution in [-0.4, -0.2) is 67.3 Å². The third kappa shape index (κ3) is 7.85. The number of fused-ring (bicyclic) bond motifs is 1. The number of hydrogen-bond donors (Lipinski definition) is 3. The third-order valence-corrected chi connectivity index (χ3v) is 6.68. The fourth-order valence-electron chi connectivity index (χ4n) is 4.53. The van der Waals surface area contributed by atoms with Crippen LogP contribution in [-0.2, 0) is 21.5 Å². The average molecular weight is 621 g/mol. The number of halogens is 3. The monoisotopic (exact) mass is 620 g/mol. The van der Waals surface area contributed by atoms with Crippen LogP contribution in [0.2, 0.25) is 0 Å². The van der Waals surface area contributed by atoms with E-state index in [1.54, 1.807) is 33.8 Å². The van der Waals surface area contributed by atoms with Gasteiger partial charge in [-0.2, -0.15) is 13.2 Å². The number of benzene rings is 2. The molecule has 2 aromatic carbocycles. The van der Waals surface area contributed by atoms with E-state index in [1.807, 2.05) is 0 Å². The minimum atomic E-state index is -5.29. The maximum absolute atomic E-state index is 13.6. The summed E-state index contributed by atoms with van der Waals surface area (Å²) >= 11 is 0. The van der Waals surface area contributed by atoms with Crippen LogP contribution in [0.5, 0.6) is 17.2 Å². The minimum Gasteiger partial charge on any atom is -0.493 e. The highest BCUT2D eigenvalue weighted by atomic mass is 19.4. The molecule has 1 aliphatic rings. The molecular formula is C30H35F3N4O7. The van der Waals surface area contributed by atoms with Crippen LogP contribution in [0.1, 0.15) is 77.9 Å². The van der Waals surface area contributed by atoms with E-state index in [4.69, 9.17) is 25.4 Å². The lowest BCUT2D eigenvalue weighted by molar-refractivity contribution is -0.189. The second kappa shape index (κ2) is 13.3. The Labute approximate surface area is 252 Å². The lowest BCUT2D eigenvalue weighted by Crippen LogP contribution is -2.31. The lowest BCUT2D eigenvalue weighted by Gasteiger charge is -2.26. The van der Waals surface area contributed by atoms with E-state index in [9.17, 15) is 32.3 Å². The number of amides is 2. The van der Waals surface area contributed by atoms with E-state index in [2.05, 4.69) is 5.32 Å². The molecule has 0 bridgehead atoms. The van der Waals surface area contributed by atoms with Crippen LogP contribution in [0, 0.1) is 5.41 Å². The fraction of sp³-hybridized carbons (Fsp3) is 0.433. The SMILES string of the molecule is CCOc1cc2c(cc1C(=O)NC)C(=N)N(CC(=O)c1cc(OCCCC(N)=O)c(OC(=O)C(F)(F)F)c(C(C)(C)C)c1)C2. The van der Waals surface area contributed by atoms with E-state index in [0.29, 0.717) is 23.5 Å². The number of alkyl halides is 3. The predicted molar refractivity (Wildman–Crippen MR) is 153 cm³/mol. The molecule has 0 aromatic heterocycles. The van der Waals surface area contributed by atoms with Crippen molar-refractivity contribution in [3.8, 4) is 17.2 Å². The molecule has 0 aliphatic carbocycles. The Morgan fingerprint density at radius 1 is 1.05 bits per heavy atom. The first kappa shape index (κ1) is 33.9. The Hall–Kier alpha value is -4.62. The number of hydrogen-bond acceptors (Lipinski definition) is 8. The Balaban J connectivity index is 1.99. The Kier molecular flexibility index (Phi) is 10.3. The van der Waals surface area contributed by atoms with Gasteiger partial charge in [0, 0.05) is 36.7 Å². The number of Topliss-reactive ketones (excluding diaryl/α,β-unsaturated/α-hetero) is 1. The number of nitrogens with zero attached hydrogens (tertiary/aromatic N) is 1. The van der Waals surface area contributed by atoms with Crippen LogP contribution in [0.3, 0.4) is 0 Å². The Morgan fingerprint density at radius 3 is 2.30 bits per heavy atom. The second-order valence-electron chi connectivity index (χ2n) is 11.1. The molecular weight excluding hydrogens is 585 g/mol. The smallest absolute Gasteiger partial charge is 0.491 e. The van der Waals surface area contributed by atoms with Gasteiger partial charge in [0.15, 0.2) is 17.3 Å². The number of nitrogens with one attached hydrogen (secondary N) is 2. The summed E-state index contributed by atoms with van der Waals surface area (Å²) in [6, 6.07) is 5.69. The summed E-state index contributed by atoms with van der Waals surface area (Å²) in [7, 11) is 1.47. The third-order valence-electron chi connectivity index (χ3n) is 6.68. The summed E-state index contributed by atoms with van der Waals surface area (Å²) in [5.41, 5.74) is 5.73. The van der Waals surface area contributed by atoms with E-state index >= 15 is 0 Å². The van der Waals surface area contributed by atoms with Crippen LogP contribution in [0.25, 0.3) is 0 Å². The van der Waals surface area contributed by atoms with Crippen molar-refractivity contribution < 1.29 is 46.6 Å². The first-order valence-corrected chi connectivity index (χ1v) is 13.7. The van der Waals surface area contributed by atoms with Crippen molar-refractivity contribution in [3.63, 3.8) is 0 Å². The summed E-state index contributed by atoms with van der Waals surface area (Å²) in [6.07, 6.45) is -5.24. The van der Waals surface area contributed by atoms with E-state index in [0.717, 1.165) is 0 Å². The van der Waals surface area contributed by atoms with Gasteiger partial charge in [0.1, 0.15) is 11.6 Å². The van der Waals surface area contributed by atoms with Gasteiger partial charge in [-0.25, -0.2) is 4.79 Å². The number of ether oxygens (including phenoxy) is 3. The van der Waals surface area contributed by atoms with Gasteiger partial charge in [-0.15, -0.1) is 0 Å². The van der Waals surface area contributed by atoms with Crippen molar-refractivity contribution in [2.45, 2.75) is 58.7 Å². The Morgan fingerprint density at radius 2 is 1.73 bits per heavy atom. The number of esters is 1. The molecule has 14 heteroatoms. The number of rotatable bonds is 12. The molecule has 44 heavy (non-hydrogen) atoms. The summed E-state index contributed by atoms with van der Waals surface area (Å²) < 4.78 is 55.5. The number of ketones is 1. The molecule has 238 valence electrons. The molecule has 1 aliphatic heterocycles. The quantitative estimate of drug-likeness (QED) is 0.139. The number of primary amides is 1. The average Bonchev–Trinajstić information content (AvgIpc) is 3.23. The lowest BCUT2D eigenvalue weighted by atomic mass is 9.84. The molecule has 11 nitrogen and oxygen atoms in total. The van der Waals surface area contributed by atoms with Crippen LogP contribution < -0.4 is 25.3 Å².